The van der Waals surface area contributed by atoms with Crippen LogP contribution < -0.4 is 15.0 Å². The number of anilines is 6. The zero-order chi connectivity index (χ0) is 48.9. The van der Waals surface area contributed by atoms with Crippen LogP contribution in [0.15, 0.2) is 285 Å². The maximum atomic E-state index is 2.46. The second-order valence-corrected chi connectivity index (χ2v) is 24.5. The fourth-order valence-corrected chi connectivity index (χ4v) is 10.9. The van der Waals surface area contributed by atoms with Crippen molar-refractivity contribution in [2.45, 2.75) is 19.6 Å². The molecule has 0 bridgehead atoms. The molecule has 11 aromatic carbocycles. The minimum atomic E-state index is -1.60. The highest BCUT2D eigenvalue weighted by Crippen LogP contribution is 2.50. The minimum absolute atomic E-state index is 1.06. The molecule has 0 aliphatic heterocycles. The Balaban J connectivity index is 1.19. The second-order valence-electron chi connectivity index (χ2n) is 19.4. The van der Waals surface area contributed by atoms with E-state index in [-0.39, 0.29) is 0 Å². The number of rotatable bonds is 13. The van der Waals surface area contributed by atoms with Crippen LogP contribution in [0.2, 0.25) is 19.6 Å². The van der Waals surface area contributed by atoms with E-state index in [4.69, 9.17) is 0 Å². The molecule has 0 aliphatic carbocycles. The van der Waals surface area contributed by atoms with Crippen LogP contribution in [0.3, 0.4) is 0 Å². The van der Waals surface area contributed by atoms with Crippen LogP contribution in [0.4, 0.5) is 34.1 Å². The van der Waals surface area contributed by atoms with Gasteiger partial charge in [-0.2, -0.15) is 0 Å². The average molecular weight is 941 g/mol. The Morgan fingerprint density at radius 1 is 0.222 bits per heavy atom. The first-order valence-electron chi connectivity index (χ1n) is 24.9. The van der Waals surface area contributed by atoms with Gasteiger partial charge in [0.05, 0.1) is 19.4 Å². The Bertz CT molecular complexity index is 3350. The van der Waals surface area contributed by atoms with Crippen LogP contribution in [0.25, 0.3) is 66.8 Å². The van der Waals surface area contributed by atoms with Gasteiger partial charge in [-0.15, -0.1) is 0 Å². The van der Waals surface area contributed by atoms with E-state index in [9.17, 15) is 0 Å². The highest BCUT2D eigenvalue weighted by molar-refractivity contribution is 6.88. The third-order valence-corrected chi connectivity index (χ3v) is 15.7. The van der Waals surface area contributed by atoms with Crippen LogP contribution >= 0.6 is 0 Å². The summed E-state index contributed by atoms with van der Waals surface area (Å²) in [5, 5.41) is 1.43. The highest BCUT2D eigenvalue weighted by atomic mass is 28.3. The molecule has 0 amide bonds. The van der Waals surface area contributed by atoms with Gasteiger partial charge in [0.25, 0.3) is 0 Å². The number of hydrogen-bond donors (Lipinski definition) is 0. The number of nitrogens with zero attached hydrogens (tertiary/aromatic N) is 2. The van der Waals surface area contributed by atoms with Gasteiger partial charge in [0.1, 0.15) is 0 Å². The average Bonchev–Trinajstić information content (AvgIpc) is 3.45. The van der Waals surface area contributed by atoms with Gasteiger partial charge in [0, 0.05) is 33.9 Å². The first-order valence-corrected chi connectivity index (χ1v) is 28.4. The zero-order valence-electron chi connectivity index (χ0n) is 41.0. The lowest BCUT2D eigenvalue weighted by Crippen LogP contribution is -2.37. The molecule has 0 aromatic heterocycles. The molecule has 346 valence electrons. The van der Waals surface area contributed by atoms with Crippen LogP contribution in [0, 0.1) is 0 Å². The van der Waals surface area contributed by atoms with E-state index in [1.54, 1.807) is 0 Å². The molecule has 0 spiro atoms. The van der Waals surface area contributed by atoms with Gasteiger partial charge in [0.15, 0.2) is 0 Å². The zero-order valence-corrected chi connectivity index (χ0v) is 42.0. The summed E-state index contributed by atoms with van der Waals surface area (Å²) < 4.78 is 0. The molecule has 0 fully saturated rings. The second kappa shape index (κ2) is 20.3. The summed E-state index contributed by atoms with van der Waals surface area (Å²) in [6, 6.07) is 104. The van der Waals surface area contributed by atoms with Crippen molar-refractivity contribution in [2.24, 2.45) is 0 Å². The van der Waals surface area contributed by atoms with Gasteiger partial charge in [0.2, 0.25) is 0 Å². The lowest BCUT2D eigenvalue weighted by atomic mass is 9.93. The molecule has 11 rings (SSSR count). The molecule has 0 saturated carbocycles. The Morgan fingerprint density at radius 3 is 0.708 bits per heavy atom. The SMILES string of the molecule is C[Si](C)(C)c1ccc(-c2cc(-c3ccccc3)c(N(c3ccc(-c4ccccc4)cc3)c3ccc(-c4ccccc4)cc3)cc2N(c2ccc(-c3ccccc3)cc2)c2ccc(-c3ccccc3)cc2)cc1. The summed E-state index contributed by atoms with van der Waals surface area (Å²) >= 11 is 0. The van der Waals surface area contributed by atoms with Gasteiger partial charge >= 0.3 is 0 Å². The predicted octanol–water partition coefficient (Wildman–Crippen LogP) is 19.2. The van der Waals surface area contributed by atoms with Gasteiger partial charge < -0.3 is 9.80 Å². The fraction of sp³-hybridized carbons (Fsp3) is 0.0435. The molecule has 0 radical (unpaired) electrons. The van der Waals surface area contributed by atoms with Gasteiger partial charge in [-0.05, 0) is 116 Å². The summed E-state index contributed by atoms with van der Waals surface area (Å²) in [4.78, 5) is 4.90. The van der Waals surface area contributed by atoms with Crippen molar-refractivity contribution >= 4 is 47.4 Å². The third-order valence-electron chi connectivity index (χ3n) is 13.7. The standard InChI is InChI=1S/C69H56N2Si/c1-72(2,3)65-47-37-60(38-48-65)67-49-66(59-27-17-8-18-28-59)68(70(61-39-29-55(30-40-61)51-19-9-4-10-20-51)62-41-31-56(32-42-62)52-21-11-5-12-22-52)50-69(67)71(63-43-33-57(34-44-63)53-23-13-6-14-24-53)64-45-35-58(36-46-64)54-25-15-7-16-26-54/h4-50H,1-3H3. The maximum Gasteiger partial charge on any atom is 0.0775 e. The number of hydrogen-bond acceptors (Lipinski definition) is 2. The summed E-state index contributed by atoms with van der Waals surface area (Å²) in [5.41, 5.74) is 20.4. The lowest BCUT2D eigenvalue weighted by molar-refractivity contribution is 1.25. The van der Waals surface area contributed by atoms with Crippen molar-refractivity contribution in [2.75, 3.05) is 9.80 Å². The Morgan fingerprint density at radius 2 is 0.444 bits per heavy atom. The molecular weight excluding hydrogens is 885 g/mol. The van der Waals surface area contributed by atoms with Gasteiger partial charge in [-0.25, -0.2) is 0 Å². The van der Waals surface area contributed by atoms with Crippen LogP contribution in [0.5, 0.6) is 0 Å². The minimum Gasteiger partial charge on any atom is -0.310 e. The highest BCUT2D eigenvalue weighted by Gasteiger charge is 2.26. The topological polar surface area (TPSA) is 6.48 Å². The molecule has 0 atom stereocenters. The molecule has 0 aliphatic rings. The summed E-state index contributed by atoms with van der Waals surface area (Å²) in [5.74, 6) is 0. The monoisotopic (exact) mass is 940 g/mol. The molecule has 0 N–H and O–H groups in total. The first-order chi connectivity index (χ1) is 35.3. The van der Waals surface area contributed by atoms with Crippen LogP contribution in [-0.4, -0.2) is 8.07 Å². The fourth-order valence-electron chi connectivity index (χ4n) is 9.77. The smallest absolute Gasteiger partial charge is 0.0775 e. The summed E-state index contributed by atoms with van der Waals surface area (Å²) in [7, 11) is -1.60. The Hall–Kier alpha value is -8.76. The third kappa shape index (κ3) is 9.71. The quantitative estimate of drug-likeness (QED) is 0.106. The molecule has 0 saturated heterocycles. The number of benzene rings is 11. The van der Waals surface area contributed by atoms with E-state index >= 15 is 0 Å². The normalized spacial score (nSPS) is 11.3. The van der Waals surface area contributed by atoms with E-state index < -0.39 is 8.07 Å². The van der Waals surface area contributed by atoms with Gasteiger partial charge in [-0.1, -0.05) is 249 Å². The van der Waals surface area contributed by atoms with Crippen molar-refractivity contribution in [1.82, 2.24) is 0 Å². The summed E-state index contributed by atoms with van der Waals surface area (Å²) in [6.45, 7) is 7.26. The lowest BCUT2D eigenvalue weighted by Gasteiger charge is -2.33. The summed E-state index contributed by atoms with van der Waals surface area (Å²) in [6.07, 6.45) is 0. The predicted molar refractivity (Wildman–Crippen MR) is 311 cm³/mol. The largest absolute Gasteiger partial charge is 0.310 e. The molecular formula is C69H56N2Si. The molecule has 11 aromatic rings. The van der Waals surface area contributed by atoms with Crippen molar-refractivity contribution in [1.29, 1.82) is 0 Å². The van der Waals surface area contributed by atoms with E-state index in [1.165, 1.54) is 49.7 Å². The van der Waals surface area contributed by atoms with E-state index in [2.05, 4.69) is 315 Å². The van der Waals surface area contributed by atoms with E-state index in [0.29, 0.717) is 0 Å². The molecule has 0 unspecified atom stereocenters. The van der Waals surface area contributed by atoms with E-state index in [0.717, 1.165) is 56.4 Å². The first kappa shape index (κ1) is 45.7. The van der Waals surface area contributed by atoms with Crippen molar-refractivity contribution < 1.29 is 0 Å². The van der Waals surface area contributed by atoms with Gasteiger partial charge in [-0.3, -0.25) is 0 Å². The van der Waals surface area contributed by atoms with Crippen LogP contribution in [0.1, 0.15) is 0 Å². The van der Waals surface area contributed by atoms with Crippen molar-refractivity contribution in [3.05, 3.63) is 285 Å². The molecule has 72 heavy (non-hydrogen) atoms. The van der Waals surface area contributed by atoms with Crippen molar-refractivity contribution in [3.8, 4) is 66.8 Å². The van der Waals surface area contributed by atoms with Crippen molar-refractivity contribution in [3.63, 3.8) is 0 Å². The molecule has 2 nitrogen and oxygen atoms in total. The molecule has 0 heterocycles. The Kier molecular flexibility index (Phi) is 12.9. The Labute approximate surface area is 426 Å². The van der Waals surface area contributed by atoms with E-state index in [1.807, 2.05) is 0 Å². The van der Waals surface area contributed by atoms with Crippen LogP contribution in [-0.2, 0) is 0 Å². The maximum absolute atomic E-state index is 2.46. The molecule has 3 heteroatoms.